The standard InChI is InChI=1S/C19H30N4O4S/c1-19(2,3)20-17(24)14-22-10-12-23(13-11-22)18(25)15-6-8-16(9-7-15)28(26,27)21(4)5/h6-9H,10-14H2,1-5H3,(H,20,24)/p+1. The number of nitrogens with one attached hydrogen (secondary N) is 2. The third-order valence-electron chi connectivity index (χ3n) is 4.56. The van der Waals surface area contributed by atoms with E-state index >= 15 is 0 Å². The molecule has 8 nitrogen and oxygen atoms in total. The number of carbonyl (C=O) groups excluding carboxylic acids is 2. The number of quaternary nitrogens is 1. The topological polar surface area (TPSA) is 91.2 Å². The second-order valence-corrected chi connectivity index (χ2v) is 10.5. The van der Waals surface area contributed by atoms with Crippen LogP contribution in [0.1, 0.15) is 31.1 Å². The highest BCUT2D eigenvalue weighted by atomic mass is 32.2. The van der Waals surface area contributed by atoms with Crippen molar-refractivity contribution in [3.8, 4) is 0 Å². The zero-order valence-corrected chi connectivity index (χ0v) is 18.1. The van der Waals surface area contributed by atoms with Crippen molar-refractivity contribution in [2.24, 2.45) is 0 Å². The summed E-state index contributed by atoms with van der Waals surface area (Å²) in [6.45, 7) is 8.79. The molecule has 2 N–H and O–H groups in total. The van der Waals surface area contributed by atoms with Gasteiger partial charge in [-0.25, -0.2) is 12.7 Å². The van der Waals surface area contributed by atoms with Crippen molar-refractivity contribution in [3.63, 3.8) is 0 Å². The molecule has 0 aliphatic carbocycles. The fourth-order valence-corrected chi connectivity index (χ4v) is 3.96. The first-order chi connectivity index (χ1) is 12.9. The maximum atomic E-state index is 12.7. The lowest BCUT2D eigenvalue weighted by Gasteiger charge is -2.32. The van der Waals surface area contributed by atoms with Crippen LogP contribution < -0.4 is 10.2 Å². The number of hydrogen-bond donors (Lipinski definition) is 2. The van der Waals surface area contributed by atoms with E-state index in [1.165, 1.54) is 26.2 Å². The molecule has 28 heavy (non-hydrogen) atoms. The number of sulfonamides is 1. The van der Waals surface area contributed by atoms with Gasteiger partial charge in [0.05, 0.1) is 31.1 Å². The van der Waals surface area contributed by atoms with E-state index in [2.05, 4.69) is 5.32 Å². The SMILES string of the molecule is CN(C)S(=O)(=O)c1ccc(C(=O)N2CC[NH+](CC(=O)NC(C)(C)C)CC2)cc1. The van der Waals surface area contributed by atoms with Crippen LogP contribution in [0, 0.1) is 0 Å². The van der Waals surface area contributed by atoms with Gasteiger partial charge in [0.15, 0.2) is 6.54 Å². The largest absolute Gasteiger partial charge is 0.347 e. The van der Waals surface area contributed by atoms with Crippen LogP contribution in [0.15, 0.2) is 29.2 Å². The third kappa shape index (κ3) is 5.76. The fourth-order valence-electron chi connectivity index (χ4n) is 3.06. The van der Waals surface area contributed by atoms with E-state index in [4.69, 9.17) is 0 Å². The van der Waals surface area contributed by atoms with Gasteiger partial charge in [0, 0.05) is 25.2 Å². The van der Waals surface area contributed by atoms with E-state index in [0.29, 0.717) is 38.3 Å². The summed E-state index contributed by atoms with van der Waals surface area (Å²) in [7, 11) is -0.569. The molecule has 2 amide bonds. The lowest BCUT2D eigenvalue weighted by atomic mass is 10.1. The van der Waals surface area contributed by atoms with E-state index in [9.17, 15) is 18.0 Å². The van der Waals surface area contributed by atoms with Crippen LogP contribution in [-0.2, 0) is 14.8 Å². The van der Waals surface area contributed by atoms with E-state index in [0.717, 1.165) is 9.21 Å². The molecular weight excluding hydrogens is 380 g/mol. The van der Waals surface area contributed by atoms with Gasteiger partial charge in [0.25, 0.3) is 11.8 Å². The van der Waals surface area contributed by atoms with Gasteiger partial charge in [-0.2, -0.15) is 0 Å². The average molecular weight is 412 g/mol. The molecule has 0 saturated carbocycles. The molecule has 0 aromatic heterocycles. The average Bonchev–Trinajstić information content (AvgIpc) is 2.60. The number of amides is 2. The van der Waals surface area contributed by atoms with Gasteiger partial charge in [0.1, 0.15) is 0 Å². The minimum absolute atomic E-state index is 0.0139. The molecule has 1 saturated heterocycles. The van der Waals surface area contributed by atoms with Gasteiger partial charge >= 0.3 is 0 Å². The predicted molar refractivity (Wildman–Crippen MR) is 107 cm³/mol. The highest BCUT2D eigenvalue weighted by molar-refractivity contribution is 7.89. The Morgan fingerprint density at radius 3 is 2.11 bits per heavy atom. The Morgan fingerprint density at radius 2 is 1.64 bits per heavy atom. The Hall–Kier alpha value is -1.97. The van der Waals surface area contributed by atoms with Gasteiger partial charge < -0.3 is 15.1 Å². The van der Waals surface area contributed by atoms with Crippen molar-refractivity contribution < 1.29 is 22.9 Å². The summed E-state index contributed by atoms with van der Waals surface area (Å²) >= 11 is 0. The number of benzene rings is 1. The molecule has 1 aliphatic rings. The second-order valence-electron chi connectivity index (χ2n) is 8.33. The zero-order valence-electron chi connectivity index (χ0n) is 17.3. The molecule has 1 heterocycles. The van der Waals surface area contributed by atoms with E-state index in [-0.39, 0.29) is 22.2 Å². The Morgan fingerprint density at radius 1 is 1.11 bits per heavy atom. The highest BCUT2D eigenvalue weighted by Gasteiger charge is 2.27. The van der Waals surface area contributed by atoms with Crippen LogP contribution in [-0.4, -0.2) is 81.8 Å². The third-order valence-corrected chi connectivity index (χ3v) is 6.39. The zero-order chi connectivity index (χ0) is 21.1. The summed E-state index contributed by atoms with van der Waals surface area (Å²) in [6, 6.07) is 6.02. The first-order valence-electron chi connectivity index (χ1n) is 9.36. The second kappa shape index (κ2) is 8.59. The summed E-state index contributed by atoms with van der Waals surface area (Å²) in [4.78, 5) is 27.8. The van der Waals surface area contributed by atoms with Crippen LogP contribution in [0.2, 0.25) is 0 Å². The van der Waals surface area contributed by atoms with E-state index in [1.54, 1.807) is 17.0 Å². The van der Waals surface area contributed by atoms with Crippen molar-refractivity contribution in [1.29, 1.82) is 0 Å². The molecule has 2 rings (SSSR count). The highest BCUT2D eigenvalue weighted by Crippen LogP contribution is 2.15. The van der Waals surface area contributed by atoms with E-state index in [1.807, 2.05) is 20.8 Å². The Kier molecular flexibility index (Phi) is 6.84. The van der Waals surface area contributed by atoms with Gasteiger partial charge in [-0.1, -0.05) is 0 Å². The lowest BCUT2D eigenvalue weighted by Crippen LogP contribution is -3.16. The normalized spacial score (nSPS) is 16.3. The Labute approximate surface area is 167 Å². The molecule has 1 aliphatic heterocycles. The van der Waals surface area contributed by atoms with Crippen molar-refractivity contribution in [3.05, 3.63) is 29.8 Å². The minimum atomic E-state index is -3.51. The minimum Gasteiger partial charge on any atom is -0.347 e. The van der Waals surface area contributed by atoms with Crippen LogP contribution >= 0.6 is 0 Å². The van der Waals surface area contributed by atoms with Gasteiger partial charge in [-0.15, -0.1) is 0 Å². The number of piperazine rings is 1. The first-order valence-corrected chi connectivity index (χ1v) is 10.8. The lowest BCUT2D eigenvalue weighted by molar-refractivity contribution is -0.896. The van der Waals surface area contributed by atoms with E-state index < -0.39 is 10.0 Å². The van der Waals surface area contributed by atoms with Crippen molar-refractivity contribution in [2.45, 2.75) is 31.2 Å². The molecular formula is C19H31N4O4S+. The van der Waals surface area contributed by atoms with Gasteiger partial charge in [-0.05, 0) is 45.0 Å². The van der Waals surface area contributed by atoms with Crippen molar-refractivity contribution in [2.75, 3.05) is 46.8 Å². The molecule has 156 valence electrons. The van der Waals surface area contributed by atoms with Crippen molar-refractivity contribution in [1.82, 2.24) is 14.5 Å². The monoisotopic (exact) mass is 411 g/mol. The van der Waals surface area contributed by atoms with Crippen LogP contribution in [0.3, 0.4) is 0 Å². The molecule has 0 spiro atoms. The molecule has 0 atom stereocenters. The number of rotatable bonds is 5. The molecule has 0 radical (unpaired) electrons. The maximum absolute atomic E-state index is 12.7. The van der Waals surface area contributed by atoms with Crippen LogP contribution in [0.5, 0.6) is 0 Å². The summed E-state index contributed by atoms with van der Waals surface area (Å²) < 4.78 is 25.4. The summed E-state index contributed by atoms with van der Waals surface area (Å²) in [5.74, 6) is -0.105. The smallest absolute Gasteiger partial charge is 0.275 e. The number of nitrogens with zero attached hydrogens (tertiary/aromatic N) is 2. The van der Waals surface area contributed by atoms with Crippen molar-refractivity contribution >= 4 is 21.8 Å². The van der Waals surface area contributed by atoms with Gasteiger partial charge in [-0.3, -0.25) is 9.59 Å². The quantitative estimate of drug-likeness (QED) is 0.663. The summed E-state index contributed by atoms with van der Waals surface area (Å²) in [5, 5.41) is 2.96. The molecule has 0 bridgehead atoms. The number of carbonyl (C=O) groups is 2. The number of hydrogen-bond acceptors (Lipinski definition) is 4. The molecule has 1 aromatic rings. The maximum Gasteiger partial charge on any atom is 0.275 e. The van der Waals surface area contributed by atoms with Gasteiger partial charge in [0.2, 0.25) is 10.0 Å². The summed E-state index contributed by atoms with van der Waals surface area (Å²) in [5.41, 5.74) is 0.215. The first kappa shape index (κ1) is 22.3. The Balaban J connectivity index is 1.92. The fraction of sp³-hybridized carbons (Fsp3) is 0.579. The molecule has 9 heteroatoms. The molecule has 0 unspecified atom stereocenters. The summed E-state index contributed by atoms with van der Waals surface area (Å²) in [6.07, 6.45) is 0. The van der Waals surface area contributed by atoms with Crippen LogP contribution in [0.25, 0.3) is 0 Å². The van der Waals surface area contributed by atoms with Crippen LogP contribution in [0.4, 0.5) is 0 Å². The Bertz CT molecular complexity index is 805. The molecule has 1 aromatic carbocycles. The molecule has 1 fully saturated rings. The predicted octanol–water partition coefficient (Wildman–Crippen LogP) is -0.808.